The van der Waals surface area contributed by atoms with Crippen LogP contribution >= 0.6 is 24.0 Å². The van der Waals surface area contributed by atoms with Crippen LogP contribution in [-0.2, 0) is 4.79 Å². The summed E-state index contributed by atoms with van der Waals surface area (Å²) in [5, 5.41) is 3.32. The molecule has 126 valence electrons. The first-order chi connectivity index (χ1) is 10.8. The van der Waals surface area contributed by atoms with Gasteiger partial charge in [0.2, 0.25) is 5.91 Å². The summed E-state index contributed by atoms with van der Waals surface area (Å²) in [5.74, 6) is -0.0399. The molecular formula is C15H22N4O2S2. The van der Waals surface area contributed by atoms with E-state index in [0.717, 1.165) is 4.90 Å². The highest BCUT2D eigenvalue weighted by Crippen LogP contribution is 2.22. The third kappa shape index (κ3) is 6.87. The lowest BCUT2D eigenvalue weighted by Crippen LogP contribution is -2.48. The van der Waals surface area contributed by atoms with Gasteiger partial charge in [0, 0.05) is 25.0 Å². The minimum Gasteiger partial charge on any atom is -0.359 e. The van der Waals surface area contributed by atoms with Crippen LogP contribution in [0.4, 0.5) is 0 Å². The van der Waals surface area contributed by atoms with Crippen molar-refractivity contribution >= 4 is 40.9 Å². The van der Waals surface area contributed by atoms with Crippen molar-refractivity contribution in [2.24, 2.45) is 0 Å². The maximum absolute atomic E-state index is 12.3. The predicted molar refractivity (Wildman–Crippen MR) is 97.3 cm³/mol. The predicted octanol–water partition coefficient (Wildman–Crippen LogP) is 1.38. The van der Waals surface area contributed by atoms with Gasteiger partial charge in [-0.05, 0) is 38.2 Å². The number of hydrazine groups is 1. The van der Waals surface area contributed by atoms with Gasteiger partial charge < -0.3 is 10.2 Å². The topological polar surface area (TPSA) is 73.5 Å². The second-order valence-corrected chi connectivity index (χ2v) is 6.71. The Morgan fingerprint density at radius 2 is 1.87 bits per heavy atom. The summed E-state index contributed by atoms with van der Waals surface area (Å²) in [6.07, 6.45) is 0. The lowest BCUT2D eigenvalue weighted by atomic mass is 10.2. The average Bonchev–Trinajstić information content (AvgIpc) is 2.49. The molecule has 0 unspecified atom stereocenters. The van der Waals surface area contributed by atoms with Crippen LogP contribution in [0, 0.1) is 0 Å². The van der Waals surface area contributed by atoms with Crippen LogP contribution < -0.4 is 16.2 Å². The van der Waals surface area contributed by atoms with Crippen LogP contribution in [0.2, 0.25) is 0 Å². The van der Waals surface area contributed by atoms with E-state index in [1.807, 2.05) is 26.0 Å². The molecule has 0 aromatic heterocycles. The lowest BCUT2D eigenvalue weighted by molar-refractivity contribution is -0.125. The van der Waals surface area contributed by atoms with Gasteiger partial charge in [0.15, 0.2) is 5.11 Å². The summed E-state index contributed by atoms with van der Waals surface area (Å²) in [6, 6.07) is 7.30. The molecule has 0 bridgehead atoms. The highest BCUT2D eigenvalue weighted by atomic mass is 32.2. The molecule has 0 heterocycles. The summed E-state index contributed by atoms with van der Waals surface area (Å²) in [4.78, 5) is 26.2. The molecule has 0 aliphatic carbocycles. The fourth-order valence-corrected chi connectivity index (χ4v) is 2.84. The monoisotopic (exact) mass is 354 g/mol. The Morgan fingerprint density at radius 3 is 2.48 bits per heavy atom. The largest absolute Gasteiger partial charge is 0.359 e. The Kier molecular flexibility index (Phi) is 7.84. The van der Waals surface area contributed by atoms with Crippen molar-refractivity contribution in [1.29, 1.82) is 0 Å². The van der Waals surface area contributed by atoms with E-state index >= 15 is 0 Å². The second kappa shape index (κ2) is 9.36. The molecule has 2 amide bonds. The Bertz CT molecular complexity index is 576. The Hall–Kier alpha value is -1.80. The molecule has 0 atom stereocenters. The zero-order valence-electron chi connectivity index (χ0n) is 13.7. The second-order valence-electron chi connectivity index (χ2n) is 5.28. The zero-order chi connectivity index (χ0) is 17.4. The van der Waals surface area contributed by atoms with Gasteiger partial charge in [0.25, 0.3) is 5.91 Å². The Morgan fingerprint density at radius 1 is 1.22 bits per heavy atom. The molecule has 0 saturated carbocycles. The number of benzene rings is 1. The van der Waals surface area contributed by atoms with Gasteiger partial charge in [-0.2, -0.15) is 0 Å². The fourth-order valence-electron chi connectivity index (χ4n) is 1.53. The summed E-state index contributed by atoms with van der Waals surface area (Å²) in [5.41, 5.74) is 5.70. The van der Waals surface area contributed by atoms with Crippen molar-refractivity contribution in [2.75, 3.05) is 19.8 Å². The molecular weight excluding hydrogens is 332 g/mol. The molecule has 1 aromatic rings. The van der Waals surface area contributed by atoms with Crippen molar-refractivity contribution in [3.8, 4) is 0 Å². The highest BCUT2D eigenvalue weighted by Gasteiger charge is 2.13. The van der Waals surface area contributed by atoms with Gasteiger partial charge in [0.1, 0.15) is 0 Å². The van der Waals surface area contributed by atoms with E-state index in [-0.39, 0.29) is 23.6 Å². The standard InChI is InChI=1S/C15H22N4O2S2/c1-10(2)16-15(22)18-17-14(21)11-7-5-6-8-12(11)23-9-13(20)19(3)4/h5-8,10H,9H2,1-4H3,(H,17,21)(H2,16,18,22). The SMILES string of the molecule is CC(C)NC(=S)NNC(=O)c1ccccc1SCC(=O)N(C)C. The van der Waals surface area contributed by atoms with Crippen LogP contribution in [0.15, 0.2) is 29.2 Å². The first-order valence-electron chi connectivity index (χ1n) is 7.10. The maximum Gasteiger partial charge on any atom is 0.270 e. The Balaban J connectivity index is 2.66. The van der Waals surface area contributed by atoms with Gasteiger partial charge in [-0.3, -0.25) is 20.4 Å². The first kappa shape index (κ1) is 19.2. The van der Waals surface area contributed by atoms with Crippen LogP contribution in [0.3, 0.4) is 0 Å². The van der Waals surface area contributed by atoms with E-state index in [2.05, 4.69) is 16.2 Å². The summed E-state index contributed by atoms with van der Waals surface area (Å²) >= 11 is 6.38. The van der Waals surface area contributed by atoms with Gasteiger partial charge in [-0.25, -0.2) is 0 Å². The third-order valence-electron chi connectivity index (χ3n) is 2.69. The summed E-state index contributed by atoms with van der Waals surface area (Å²) < 4.78 is 0. The molecule has 0 saturated heterocycles. The molecule has 0 aliphatic heterocycles. The number of amides is 2. The van der Waals surface area contributed by atoms with Crippen LogP contribution in [-0.4, -0.2) is 47.7 Å². The van der Waals surface area contributed by atoms with Crippen molar-refractivity contribution in [2.45, 2.75) is 24.8 Å². The van der Waals surface area contributed by atoms with Crippen molar-refractivity contribution < 1.29 is 9.59 Å². The molecule has 1 aromatic carbocycles. The van der Waals surface area contributed by atoms with E-state index in [4.69, 9.17) is 12.2 Å². The first-order valence-corrected chi connectivity index (χ1v) is 8.49. The number of hydrogen-bond acceptors (Lipinski definition) is 4. The number of carbonyl (C=O) groups is 2. The number of nitrogens with one attached hydrogen (secondary N) is 3. The van der Waals surface area contributed by atoms with Crippen molar-refractivity contribution in [3.63, 3.8) is 0 Å². The molecule has 6 nitrogen and oxygen atoms in total. The number of thiocarbonyl (C=S) groups is 1. The normalized spacial score (nSPS) is 10.1. The molecule has 8 heteroatoms. The van der Waals surface area contributed by atoms with Crippen LogP contribution in [0.1, 0.15) is 24.2 Å². The Labute approximate surface area is 146 Å². The highest BCUT2D eigenvalue weighted by molar-refractivity contribution is 8.00. The number of nitrogens with zero attached hydrogens (tertiary/aromatic N) is 1. The average molecular weight is 355 g/mol. The smallest absolute Gasteiger partial charge is 0.270 e. The van der Waals surface area contributed by atoms with E-state index < -0.39 is 0 Å². The third-order valence-corrected chi connectivity index (χ3v) is 3.97. The number of carbonyl (C=O) groups excluding carboxylic acids is 2. The van der Waals surface area contributed by atoms with E-state index in [0.29, 0.717) is 10.7 Å². The van der Waals surface area contributed by atoms with E-state index in [9.17, 15) is 9.59 Å². The number of thioether (sulfide) groups is 1. The quantitative estimate of drug-likeness (QED) is 0.422. The van der Waals surface area contributed by atoms with Gasteiger partial charge in [-0.1, -0.05) is 12.1 Å². The molecule has 1 rings (SSSR count). The molecule has 0 radical (unpaired) electrons. The molecule has 0 fully saturated rings. The van der Waals surface area contributed by atoms with E-state index in [1.54, 1.807) is 26.2 Å². The van der Waals surface area contributed by atoms with Crippen molar-refractivity contribution in [3.05, 3.63) is 29.8 Å². The maximum atomic E-state index is 12.3. The minimum atomic E-state index is -0.307. The summed E-state index contributed by atoms with van der Waals surface area (Å²) in [6.45, 7) is 3.90. The number of rotatable bonds is 5. The van der Waals surface area contributed by atoms with Gasteiger partial charge in [-0.15, -0.1) is 11.8 Å². The zero-order valence-corrected chi connectivity index (χ0v) is 15.3. The molecule has 0 spiro atoms. The minimum absolute atomic E-state index is 0.00866. The molecule has 0 aliphatic rings. The fraction of sp³-hybridized carbons (Fsp3) is 0.400. The van der Waals surface area contributed by atoms with Gasteiger partial charge >= 0.3 is 0 Å². The van der Waals surface area contributed by atoms with Crippen LogP contribution in [0.25, 0.3) is 0 Å². The van der Waals surface area contributed by atoms with Crippen LogP contribution in [0.5, 0.6) is 0 Å². The molecule has 3 N–H and O–H groups in total. The molecule has 23 heavy (non-hydrogen) atoms. The number of hydrogen-bond donors (Lipinski definition) is 3. The van der Waals surface area contributed by atoms with Crippen molar-refractivity contribution in [1.82, 2.24) is 21.1 Å². The summed E-state index contributed by atoms with van der Waals surface area (Å²) in [7, 11) is 3.40. The van der Waals surface area contributed by atoms with Gasteiger partial charge in [0.05, 0.1) is 11.3 Å². The lowest BCUT2D eigenvalue weighted by Gasteiger charge is -2.15. The van der Waals surface area contributed by atoms with E-state index in [1.165, 1.54) is 16.7 Å².